The molecule has 11 rings (SSSR count). The molecule has 0 atom stereocenters. The predicted octanol–water partition coefficient (Wildman–Crippen LogP) is 15.3. The van der Waals surface area contributed by atoms with Crippen molar-refractivity contribution in [1.82, 2.24) is 0 Å². The molecule has 0 fully saturated rings. The van der Waals surface area contributed by atoms with Gasteiger partial charge in [0.25, 0.3) is 0 Å². The fourth-order valence-electron chi connectivity index (χ4n) is 8.95. The maximum absolute atomic E-state index is 2.38. The van der Waals surface area contributed by atoms with E-state index in [-0.39, 0.29) is 0 Å². The summed E-state index contributed by atoms with van der Waals surface area (Å²) < 4.78 is 0. The van der Waals surface area contributed by atoms with E-state index < -0.39 is 0 Å². The van der Waals surface area contributed by atoms with E-state index in [4.69, 9.17) is 0 Å². The standard InChI is InChI=1S/C54H34/c1-3-17-39-33-41(29-27-35(39)13-1)45-31-32-46(42-30-28-36-14-2-4-18-40(36)34-42)54-52(48-26-12-20-38-16-6-8-22-44(38)48)50-24-10-9-23-49(50)51(53(45)54)47-25-11-19-37-15-5-7-21-43(37)47/h1-34H. The molecule has 0 unspecified atom stereocenters. The van der Waals surface area contributed by atoms with Crippen LogP contribution in [0.25, 0.3) is 109 Å². The second kappa shape index (κ2) is 12.3. The van der Waals surface area contributed by atoms with Crippen molar-refractivity contribution in [1.29, 1.82) is 0 Å². The predicted molar refractivity (Wildman–Crippen MR) is 233 cm³/mol. The van der Waals surface area contributed by atoms with Crippen molar-refractivity contribution in [2.75, 3.05) is 0 Å². The fraction of sp³-hybridized carbons (Fsp3) is 0. The molecule has 0 aliphatic carbocycles. The molecule has 250 valence electrons. The highest BCUT2D eigenvalue weighted by molar-refractivity contribution is 6.30. The van der Waals surface area contributed by atoms with Crippen LogP contribution in [0.15, 0.2) is 206 Å². The van der Waals surface area contributed by atoms with Crippen LogP contribution in [0.2, 0.25) is 0 Å². The van der Waals surface area contributed by atoms with Crippen molar-refractivity contribution in [2.24, 2.45) is 0 Å². The summed E-state index contributed by atoms with van der Waals surface area (Å²) >= 11 is 0. The quantitative estimate of drug-likeness (QED) is 0.162. The van der Waals surface area contributed by atoms with Gasteiger partial charge in [-0.05, 0) is 121 Å². The fourth-order valence-corrected chi connectivity index (χ4v) is 8.95. The number of hydrogen-bond acceptors (Lipinski definition) is 0. The van der Waals surface area contributed by atoms with Crippen molar-refractivity contribution < 1.29 is 0 Å². The zero-order valence-electron chi connectivity index (χ0n) is 29.6. The molecule has 0 aliphatic heterocycles. The Bertz CT molecular complexity index is 3040. The average Bonchev–Trinajstić information content (AvgIpc) is 3.24. The zero-order valence-corrected chi connectivity index (χ0v) is 29.6. The molecule has 11 aromatic rings. The lowest BCUT2D eigenvalue weighted by molar-refractivity contribution is 1.64. The van der Waals surface area contributed by atoms with Crippen LogP contribution >= 0.6 is 0 Å². The van der Waals surface area contributed by atoms with E-state index in [0.717, 1.165) is 0 Å². The van der Waals surface area contributed by atoms with E-state index in [2.05, 4.69) is 206 Å². The van der Waals surface area contributed by atoms with Gasteiger partial charge in [-0.1, -0.05) is 194 Å². The third-order valence-electron chi connectivity index (χ3n) is 11.4. The van der Waals surface area contributed by atoms with Crippen LogP contribution in [0.5, 0.6) is 0 Å². The highest BCUT2D eigenvalue weighted by atomic mass is 14.3. The van der Waals surface area contributed by atoms with Gasteiger partial charge in [0.2, 0.25) is 0 Å². The molecule has 0 heterocycles. The Balaban J connectivity index is 1.41. The third-order valence-corrected chi connectivity index (χ3v) is 11.4. The van der Waals surface area contributed by atoms with Crippen LogP contribution in [-0.2, 0) is 0 Å². The second-order valence-corrected chi connectivity index (χ2v) is 14.4. The minimum absolute atomic E-state index is 1.21. The maximum Gasteiger partial charge on any atom is -0.000763 e. The van der Waals surface area contributed by atoms with Crippen LogP contribution in [0, 0.1) is 0 Å². The number of rotatable bonds is 4. The molecular weight excluding hydrogens is 649 g/mol. The molecule has 0 saturated carbocycles. The van der Waals surface area contributed by atoms with E-state index in [1.807, 2.05) is 0 Å². The van der Waals surface area contributed by atoms with Gasteiger partial charge in [-0.15, -0.1) is 0 Å². The SMILES string of the molecule is c1ccc2cc(-c3ccc(-c4ccc5ccccc5c4)c4c(-c5cccc6ccccc56)c5ccccc5c(-c5cccc6ccccc56)c34)ccc2c1. The van der Waals surface area contributed by atoms with Gasteiger partial charge in [0.1, 0.15) is 0 Å². The molecule has 0 aliphatic rings. The van der Waals surface area contributed by atoms with Gasteiger partial charge in [0.15, 0.2) is 0 Å². The lowest BCUT2D eigenvalue weighted by atomic mass is 9.78. The second-order valence-electron chi connectivity index (χ2n) is 14.4. The Morgan fingerprint density at radius 2 is 0.556 bits per heavy atom. The molecule has 0 spiro atoms. The van der Waals surface area contributed by atoms with E-state index in [1.54, 1.807) is 0 Å². The van der Waals surface area contributed by atoms with E-state index in [9.17, 15) is 0 Å². The van der Waals surface area contributed by atoms with E-state index in [1.165, 1.54) is 109 Å². The summed E-state index contributed by atoms with van der Waals surface area (Å²) in [5.41, 5.74) is 9.92. The number of benzene rings is 11. The van der Waals surface area contributed by atoms with Crippen molar-refractivity contribution in [3.05, 3.63) is 206 Å². The van der Waals surface area contributed by atoms with Gasteiger partial charge >= 0.3 is 0 Å². The normalized spacial score (nSPS) is 11.7. The van der Waals surface area contributed by atoms with Crippen LogP contribution in [0.1, 0.15) is 0 Å². The molecule has 0 aromatic heterocycles. The summed E-state index contributed by atoms with van der Waals surface area (Å²) in [4.78, 5) is 0. The molecule has 54 heavy (non-hydrogen) atoms. The summed E-state index contributed by atoms with van der Waals surface area (Å²) in [7, 11) is 0. The van der Waals surface area contributed by atoms with Gasteiger partial charge in [0.05, 0.1) is 0 Å². The highest BCUT2D eigenvalue weighted by Gasteiger charge is 2.24. The van der Waals surface area contributed by atoms with Crippen LogP contribution in [-0.4, -0.2) is 0 Å². The Morgan fingerprint density at radius 3 is 1.00 bits per heavy atom. The van der Waals surface area contributed by atoms with Crippen molar-refractivity contribution in [3.8, 4) is 44.5 Å². The van der Waals surface area contributed by atoms with Gasteiger partial charge in [-0.2, -0.15) is 0 Å². The molecule has 0 heteroatoms. The van der Waals surface area contributed by atoms with Crippen LogP contribution < -0.4 is 0 Å². The van der Waals surface area contributed by atoms with Crippen LogP contribution in [0.4, 0.5) is 0 Å². The lowest BCUT2D eigenvalue weighted by Gasteiger charge is -2.24. The first-order chi connectivity index (χ1) is 26.8. The van der Waals surface area contributed by atoms with Gasteiger partial charge in [0, 0.05) is 0 Å². The van der Waals surface area contributed by atoms with Crippen molar-refractivity contribution >= 4 is 64.6 Å². The van der Waals surface area contributed by atoms with Gasteiger partial charge < -0.3 is 0 Å². The molecule has 0 saturated heterocycles. The Kier molecular flexibility index (Phi) is 6.97. The summed E-state index contributed by atoms with van der Waals surface area (Å²) in [6.07, 6.45) is 0. The Hall–Kier alpha value is -7.02. The summed E-state index contributed by atoms with van der Waals surface area (Å²) in [6, 6.07) is 76.4. The smallest absolute Gasteiger partial charge is 0.000763 e. The minimum atomic E-state index is 1.21. The topological polar surface area (TPSA) is 0 Å². The molecule has 0 radical (unpaired) electrons. The van der Waals surface area contributed by atoms with Gasteiger partial charge in [-0.3, -0.25) is 0 Å². The lowest BCUT2D eigenvalue weighted by Crippen LogP contribution is -1.97. The monoisotopic (exact) mass is 682 g/mol. The molecular formula is C54H34. The summed E-state index contributed by atoms with van der Waals surface area (Å²) in [5.74, 6) is 0. The average molecular weight is 683 g/mol. The first kappa shape index (κ1) is 30.6. The minimum Gasteiger partial charge on any atom is -0.0616 e. The molecule has 11 aromatic carbocycles. The Morgan fingerprint density at radius 1 is 0.204 bits per heavy atom. The van der Waals surface area contributed by atoms with E-state index in [0.29, 0.717) is 0 Å². The number of fused-ring (bicyclic) bond motifs is 6. The van der Waals surface area contributed by atoms with Crippen molar-refractivity contribution in [2.45, 2.75) is 0 Å². The first-order valence-corrected chi connectivity index (χ1v) is 18.8. The molecule has 0 nitrogen and oxygen atoms in total. The van der Waals surface area contributed by atoms with E-state index >= 15 is 0 Å². The summed E-state index contributed by atoms with van der Waals surface area (Å²) in [6.45, 7) is 0. The molecule has 0 N–H and O–H groups in total. The number of hydrogen-bond donors (Lipinski definition) is 0. The molecule has 0 amide bonds. The van der Waals surface area contributed by atoms with Gasteiger partial charge in [-0.25, -0.2) is 0 Å². The highest BCUT2D eigenvalue weighted by Crippen LogP contribution is 2.52. The maximum atomic E-state index is 2.38. The third kappa shape index (κ3) is 4.78. The van der Waals surface area contributed by atoms with Crippen molar-refractivity contribution in [3.63, 3.8) is 0 Å². The first-order valence-electron chi connectivity index (χ1n) is 18.8. The largest absolute Gasteiger partial charge is 0.0616 e. The van der Waals surface area contributed by atoms with Crippen LogP contribution in [0.3, 0.4) is 0 Å². The molecule has 0 bridgehead atoms. The Labute approximate surface area is 314 Å². The zero-order chi connectivity index (χ0) is 35.6. The summed E-state index contributed by atoms with van der Waals surface area (Å²) in [5, 5.41) is 15.0.